The standard InChI is InChI=1S/C21H29N3O5/c1-14-20(26)23-21-22-17-9-10-18(19(27-3)16(17)13-24(14)21)29-12-8-6-4-5-7-11-28-15(2)25/h9-10,14H,4-8,11-13H2,1-3H3,(H,22,23,26). The maximum Gasteiger partial charge on any atom is 0.302 e. The van der Waals surface area contributed by atoms with Gasteiger partial charge in [0.05, 0.1) is 32.6 Å². The van der Waals surface area contributed by atoms with Gasteiger partial charge in [-0.05, 0) is 31.9 Å². The van der Waals surface area contributed by atoms with Crippen LogP contribution in [0.25, 0.3) is 0 Å². The molecule has 8 nitrogen and oxygen atoms in total. The van der Waals surface area contributed by atoms with Gasteiger partial charge in [-0.25, -0.2) is 4.99 Å². The largest absolute Gasteiger partial charge is 0.492 e. The summed E-state index contributed by atoms with van der Waals surface area (Å²) in [6.07, 6.45) is 5.01. The van der Waals surface area contributed by atoms with Crippen LogP contribution in [0.3, 0.4) is 0 Å². The molecule has 1 fully saturated rings. The van der Waals surface area contributed by atoms with E-state index in [0.29, 0.717) is 37.2 Å². The molecule has 29 heavy (non-hydrogen) atoms. The van der Waals surface area contributed by atoms with Crippen LogP contribution in [-0.2, 0) is 20.9 Å². The first kappa shape index (κ1) is 21.0. The first-order valence-corrected chi connectivity index (χ1v) is 10.1. The Morgan fingerprint density at radius 1 is 1.21 bits per heavy atom. The van der Waals surface area contributed by atoms with Crippen molar-refractivity contribution in [3.63, 3.8) is 0 Å². The molecule has 2 aliphatic rings. The normalized spacial score (nSPS) is 17.2. The Bertz CT molecular complexity index is 793. The van der Waals surface area contributed by atoms with Crippen molar-refractivity contribution >= 4 is 23.5 Å². The second-order valence-electron chi connectivity index (χ2n) is 7.28. The molecule has 1 unspecified atom stereocenters. The van der Waals surface area contributed by atoms with Gasteiger partial charge in [-0.3, -0.25) is 14.9 Å². The van der Waals surface area contributed by atoms with Gasteiger partial charge in [0.1, 0.15) is 6.04 Å². The monoisotopic (exact) mass is 403 g/mol. The summed E-state index contributed by atoms with van der Waals surface area (Å²) < 4.78 is 16.5. The second kappa shape index (κ2) is 9.62. The molecule has 2 heterocycles. The van der Waals surface area contributed by atoms with Crippen molar-refractivity contribution in [2.75, 3.05) is 20.3 Å². The lowest BCUT2D eigenvalue weighted by molar-refractivity contribution is -0.141. The third-order valence-electron chi connectivity index (χ3n) is 5.16. The highest BCUT2D eigenvalue weighted by atomic mass is 16.5. The van der Waals surface area contributed by atoms with Crippen molar-refractivity contribution in [2.24, 2.45) is 4.99 Å². The van der Waals surface area contributed by atoms with Gasteiger partial charge in [0.25, 0.3) is 0 Å². The van der Waals surface area contributed by atoms with Crippen LogP contribution >= 0.6 is 0 Å². The number of fused-ring (bicyclic) bond motifs is 2. The molecule has 0 aliphatic carbocycles. The number of nitrogens with zero attached hydrogens (tertiary/aromatic N) is 2. The van der Waals surface area contributed by atoms with Crippen LogP contribution in [0.2, 0.25) is 0 Å². The third-order valence-corrected chi connectivity index (χ3v) is 5.16. The fraction of sp³-hybridized carbons (Fsp3) is 0.571. The maximum atomic E-state index is 11.9. The fourth-order valence-electron chi connectivity index (χ4n) is 3.52. The molecule has 0 aromatic heterocycles. The van der Waals surface area contributed by atoms with E-state index in [4.69, 9.17) is 14.2 Å². The van der Waals surface area contributed by atoms with E-state index in [0.717, 1.165) is 43.4 Å². The minimum Gasteiger partial charge on any atom is -0.492 e. The number of rotatable bonds is 10. The highest BCUT2D eigenvalue weighted by Crippen LogP contribution is 2.41. The van der Waals surface area contributed by atoms with E-state index in [1.165, 1.54) is 6.92 Å². The maximum absolute atomic E-state index is 11.9. The molecule has 0 bridgehead atoms. The number of carbonyl (C=O) groups excluding carboxylic acids is 2. The lowest BCUT2D eigenvalue weighted by Gasteiger charge is -2.28. The van der Waals surface area contributed by atoms with E-state index in [2.05, 4.69) is 10.3 Å². The third kappa shape index (κ3) is 4.99. The number of benzene rings is 1. The van der Waals surface area contributed by atoms with Gasteiger partial charge in [0.2, 0.25) is 11.9 Å². The number of hydrogen-bond donors (Lipinski definition) is 1. The van der Waals surface area contributed by atoms with Crippen LogP contribution in [0.4, 0.5) is 5.69 Å². The van der Waals surface area contributed by atoms with Gasteiger partial charge < -0.3 is 19.1 Å². The Kier molecular flexibility index (Phi) is 6.95. The second-order valence-corrected chi connectivity index (χ2v) is 7.28. The minimum absolute atomic E-state index is 0.0418. The van der Waals surface area contributed by atoms with Gasteiger partial charge in [-0.2, -0.15) is 0 Å². The number of hydrogen-bond acceptors (Lipinski definition) is 7. The zero-order valence-corrected chi connectivity index (χ0v) is 17.3. The van der Waals surface area contributed by atoms with Crippen molar-refractivity contribution in [3.8, 4) is 11.5 Å². The van der Waals surface area contributed by atoms with E-state index < -0.39 is 0 Å². The number of carbonyl (C=O) groups is 2. The van der Waals surface area contributed by atoms with Crippen molar-refractivity contribution in [2.45, 2.75) is 58.5 Å². The average molecular weight is 403 g/mol. The molecule has 1 atom stereocenters. The number of nitrogens with one attached hydrogen (secondary N) is 1. The van der Waals surface area contributed by atoms with E-state index in [1.54, 1.807) is 7.11 Å². The molecule has 8 heteroatoms. The van der Waals surface area contributed by atoms with Gasteiger partial charge in [-0.15, -0.1) is 0 Å². The summed E-state index contributed by atoms with van der Waals surface area (Å²) in [6.45, 7) is 4.95. The SMILES string of the molecule is COc1c(OCCCCCCCOC(C)=O)ccc2c1CN1C(=N2)NC(=O)C1C. The summed E-state index contributed by atoms with van der Waals surface area (Å²) in [6, 6.07) is 3.52. The van der Waals surface area contributed by atoms with Crippen LogP contribution in [0.1, 0.15) is 51.5 Å². The quantitative estimate of drug-likeness (QED) is 0.477. The van der Waals surface area contributed by atoms with E-state index in [1.807, 2.05) is 24.0 Å². The van der Waals surface area contributed by atoms with Crippen LogP contribution in [0.15, 0.2) is 17.1 Å². The molecule has 2 aliphatic heterocycles. The topological polar surface area (TPSA) is 89.5 Å². The molecule has 3 rings (SSSR count). The lowest BCUT2D eigenvalue weighted by atomic mass is 10.1. The fourth-order valence-corrected chi connectivity index (χ4v) is 3.52. The molecular formula is C21H29N3O5. The Balaban J connectivity index is 1.50. The van der Waals surface area contributed by atoms with Crippen molar-refractivity contribution in [3.05, 3.63) is 17.7 Å². The zero-order valence-electron chi connectivity index (χ0n) is 17.3. The van der Waals surface area contributed by atoms with Crippen LogP contribution in [0, 0.1) is 0 Å². The molecule has 1 N–H and O–H groups in total. The number of esters is 1. The molecule has 158 valence electrons. The van der Waals surface area contributed by atoms with E-state index >= 15 is 0 Å². The molecule has 1 aromatic carbocycles. The lowest BCUT2D eigenvalue weighted by Crippen LogP contribution is -2.35. The number of methoxy groups -OCH3 is 1. The van der Waals surface area contributed by atoms with Crippen LogP contribution in [-0.4, -0.2) is 49.1 Å². The summed E-state index contributed by atoms with van der Waals surface area (Å²) in [5.41, 5.74) is 1.73. The Morgan fingerprint density at radius 2 is 1.93 bits per heavy atom. The summed E-state index contributed by atoms with van der Waals surface area (Å²) in [5, 5.41) is 2.81. The molecule has 0 saturated carbocycles. The minimum atomic E-state index is -0.253. The Morgan fingerprint density at radius 3 is 2.66 bits per heavy atom. The predicted molar refractivity (Wildman–Crippen MR) is 108 cm³/mol. The number of ether oxygens (including phenoxy) is 3. The van der Waals surface area contributed by atoms with Crippen molar-refractivity contribution in [1.82, 2.24) is 10.2 Å². The van der Waals surface area contributed by atoms with Crippen LogP contribution in [0.5, 0.6) is 11.5 Å². The predicted octanol–water partition coefficient (Wildman–Crippen LogP) is 2.91. The molecule has 1 amide bonds. The number of guanidine groups is 1. The van der Waals surface area contributed by atoms with Gasteiger partial charge in [0.15, 0.2) is 11.5 Å². The first-order chi connectivity index (χ1) is 14.0. The first-order valence-electron chi connectivity index (χ1n) is 10.1. The molecule has 0 radical (unpaired) electrons. The van der Waals surface area contributed by atoms with E-state index in [-0.39, 0.29) is 17.9 Å². The Hall–Kier alpha value is -2.77. The summed E-state index contributed by atoms with van der Waals surface area (Å²) in [7, 11) is 1.63. The summed E-state index contributed by atoms with van der Waals surface area (Å²) in [5.74, 6) is 1.71. The molecular weight excluding hydrogens is 374 g/mol. The van der Waals surface area contributed by atoms with Crippen molar-refractivity contribution < 1.29 is 23.8 Å². The average Bonchev–Trinajstić information content (AvgIpc) is 2.97. The molecule has 0 spiro atoms. The number of amides is 1. The zero-order chi connectivity index (χ0) is 20.8. The van der Waals surface area contributed by atoms with Gasteiger partial charge >= 0.3 is 5.97 Å². The highest BCUT2D eigenvalue weighted by molar-refractivity contribution is 6.07. The summed E-state index contributed by atoms with van der Waals surface area (Å²) in [4.78, 5) is 29.1. The smallest absolute Gasteiger partial charge is 0.302 e. The van der Waals surface area contributed by atoms with Crippen molar-refractivity contribution in [1.29, 1.82) is 0 Å². The van der Waals surface area contributed by atoms with Gasteiger partial charge in [-0.1, -0.05) is 19.3 Å². The molecule has 1 saturated heterocycles. The highest BCUT2D eigenvalue weighted by Gasteiger charge is 2.37. The number of aliphatic imine (C=N–C) groups is 1. The molecule has 1 aromatic rings. The Labute approximate surface area is 171 Å². The number of unbranched alkanes of at least 4 members (excludes halogenated alkanes) is 4. The van der Waals surface area contributed by atoms with E-state index in [9.17, 15) is 9.59 Å². The van der Waals surface area contributed by atoms with Crippen LogP contribution < -0.4 is 14.8 Å². The summed E-state index contributed by atoms with van der Waals surface area (Å²) >= 11 is 0. The van der Waals surface area contributed by atoms with Gasteiger partial charge in [0, 0.05) is 12.5 Å².